The Balaban J connectivity index is 1.54. The third kappa shape index (κ3) is 4.09. The zero-order valence-electron chi connectivity index (χ0n) is 19.8. The fraction of sp³-hybridized carbons (Fsp3) is 0.280. The van der Waals surface area contributed by atoms with Crippen LogP contribution in [0.3, 0.4) is 0 Å². The lowest BCUT2D eigenvalue weighted by atomic mass is 9.88. The van der Waals surface area contributed by atoms with Crippen molar-refractivity contribution in [2.24, 2.45) is 0 Å². The average molecular weight is 480 g/mol. The lowest BCUT2D eigenvalue weighted by Crippen LogP contribution is -2.26. The van der Waals surface area contributed by atoms with E-state index in [2.05, 4.69) is 20.3 Å². The number of hydrogen-bond donors (Lipinski definition) is 1. The number of fused-ring (bicyclic) bond motifs is 1. The molecule has 35 heavy (non-hydrogen) atoms. The predicted molar refractivity (Wildman–Crippen MR) is 127 cm³/mol. The molecule has 0 saturated heterocycles. The van der Waals surface area contributed by atoms with Gasteiger partial charge in [-0.25, -0.2) is 33.1 Å². The van der Waals surface area contributed by atoms with E-state index >= 15 is 0 Å². The van der Waals surface area contributed by atoms with Crippen LogP contribution in [-0.2, 0) is 11.8 Å². The van der Waals surface area contributed by atoms with E-state index in [4.69, 9.17) is 4.98 Å². The van der Waals surface area contributed by atoms with E-state index < -0.39 is 22.9 Å². The van der Waals surface area contributed by atoms with Gasteiger partial charge in [0.1, 0.15) is 35.4 Å². The van der Waals surface area contributed by atoms with Crippen molar-refractivity contribution in [2.75, 3.05) is 23.8 Å². The zero-order chi connectivity index (χ0) is 24.9. The molecule has 0 fully saturated rings. The summed E-state index contributed by atoms with van der Waals surface area (Å²) in [6.07, 6.45) is 4.99. The van der Waals surface area contributed by atoms with Gasteiger partial charge in [-0.2, -0.15) is 0 Å². The molecule has 180 valence electrons. The van der Waals surface area contributed by atoms with Crippen molar-refractivity contribution in [2.45, 2.75) is 32.6 Å². The molecule has 4 aromatic rings. The van der Waals surface area contributed by atoms with E-state index in [9.17, 15) is 13.2 Å². The van der Waals surface area contributed by atoms with Gasteiger partial charge in [-0.1, -0.05) is 13.8 Å². The number of pyridine rings is 1. The number of imidazole rings is 1. The summed E-state index contributed by atoms with van der Waals surface area (Å²) in [5.74, 6) is -0.0890. The molecule has 0 amide bonds. The van der Waals surface area contributed by atoms with Gasteiger partial charge in [0.15, 0.2) is 11.6 Å². The number of aryl methyl sites for hydroxylation is 1. The Morgan fingerprint density at radius 3 is 2.49 bits per heavy atom. The smallest absolute Gasteiger partial charge is 0.174 e. The van der Waals surface area contributed by atoms with Gasteiger partial charge in [0, 0.05) is 49.5 Å². The van der Waals surface area contributed by atoms with E-state index in [0.717, 1.165) is 17.3 Å². The second kappa shape index (κ2) is 8.37. The van der Waals surface area contributed by atoms with Crippen molar-refractivity contribution in [1.29, 1.82) is 0 Å². The van der Waals surface area contributed by atoms with Crippen LogP contribution in [0, 0.1) is 24.4 Å². The standard InChI is InChI=1S/C25H24F3N7/c1-14-11-34(13-31-14)23-18(28)7-15(10-30-23)8-20-32-22(29-4)21-24(33-20)35(12-25(21,2)3)19-6-5-16(26)9-17(19)27/h5-7,9-11,13H,8,12H2,1-4H3,(H,29,32,33). The minimum atomic E-state index is -0.670. The molecule has 0 saturated carbocycles. The Morgan fingerprint density at radius 1 is 1.03 bits per heavy atom. The molecule has 10 heteroatoms. The highest BCUT2D eigenvalue weighted by molar-refractivity contribution is 5.74. The average Bonchev–Trinajstić information content (AvgIpc) is 3.34. The topological polar surface area (TPSA) is 71.8 Å². The quantitative estimate of drug-likeness (QED) is 0.442. The largest absolute Gasteiger partial charge is 0.373 e. The number of anilines is 3. The molecule has 0 radical (unpaired) electrons. The van der Waals surface area contributed by atoms with Crippen LogP contribution in [0.4, 0.5) is 30.5 Å². The molecule has 0 aliphatic carbocycles. The molecule has 1 N–H and O–H groups in total. The Labute approximate surface area is 200 Å². The molecule has 0 bridgehead atoms. The van der Waals surface area contributed by atoms with Crippen molar-refractivity contribution in [1.82, 2.24) is 24.5 Å². The van der Waals surface area contributed by atoms with Gasteiger partial charge in [-0.15, -0.1) is 0 Å². The van der Waals surface area contributed by atoms with Crippen molar-refractivity contribution in [3.8, 4) is 5.82 Å². The van der Waals surface area contributed by atoms with Gasteiger partial charge in [-0.05, 0) is 30.7 Å². The molecule has 0 atom stereocenters. The van der Waals surface area contributed by atoms with E-state index in [-0.39, 0.29) is 17.9 Å². The third-order valence-electron chi connectivity index (χ3n) is 6.06. The molecule has 4 heterocycles. The highest BCUT2D eigenvalue weighted by atomic mass is 19.1. The van der Waals surface area contributed by atoms with E-state index in [1.165, 1.54) is 29.1 Å². The molecule has 1 aliphatic rings. The van der Waals surface area contributed by atoms with Gasteiger partial charge < -0.3 is 10.2 Å². The first kappa shape index (κ1) is 22.8. The monoisotopic (exact) mass is 479 g/mol. The number of halogens is 3. The van der Waals surface area contributed by atoms with Crippen LogP contribution in [0.1, 0.15) is 36.5 Å². The first-order valence-corrected chi connectivity index (χ1v) is 11.1. The molecule has 7 nitrogen and oxygen atoms in total. The number of aromatic nitrogens is 5. The Bertz CT molecular complexity index is 1430. The minimum Gasteiger partial charge on any atom is -0.373 e. The summed E-state index contributed by atoms with van der Waals surface area (Å²) in [6, 6.07) is 4.89. The summed E-state index contributed by atoms with van der Waals surface area (Å²) in [5, 5.41) is 3.12. The van der Waals surface area contributed by atoms with Crippen LogP contribution < -0.4 is 10.2 Å². The number of nitrogens with zero attached hydrogens (tertiary/aromatic N) is 6. The molecule has 5 rings (SSSR count). The fourth-order valence-electron chi connectivity index (χ4n) is 4.50. The Hall–Kier alpha value is -3.95. The van der Waals surface area contributed by atoms with Gasteiger partial charge in [0.05, 0.1) is 11.4 Å². The van der Waals surface area contributed by atoms with Crippen LogP contribution in [0.25, 0.3) is 5.82 Å². The van der Waals surface area contributed by atoms with Crippen LogP contribution in [-0.4, -0.2) is 38.1 Å². The molecule has 1 aromatic carbocycles. The first-order valence-electron chi connectivity index (χ1n) is 11.1. The second-order valence-corrected chi connectivity index (χ2v) is 9.25. The van der Waals surface area contributed by atoms with Crippen molar-refractivity contribution in [3.63, 3.8) is 0 Å². The molecule has 1 aliphatic heterocycles. The van der Waals surface area contributed by atoms with Gasteiger partial charge in [-0.3, -0.25) is 4.57 Å². The summed E-state index contributed by atoms with van der Waals surface area (Å²) >= 11 is 0. The third-order valence-corrected chi connectivity index (χ3v) is 6.06. The number of hydrogen-bond acceptors (Lipinski definition) is 6. The molecule has 0 unspecified atom stereocenters. The molecular formula is C25H24F3N7. The lowest BCUT2D eigenvalue weighted by Gasteiger charge is -2.22. The number of rotatable bonds is 5. The zero-order valence-corrected chi connectivity index (χ0v) is 19.8. The van der Waals surface area contributed by atoms with E-state index in [0.29, 0.717) is 29.6 Å². The normalized spacial score (nSPS) is 14.3. The SMILES string of the molecule is CNc1nc(Cc2cnc(-n3cnc(C)c3)c(F)c2)nc2c1C(C)(C)CN2c1ccc(F)cc1F. The van der Waals surface area contributed by atoms with Gasteiger partial charge >= 0.3 is 0 Å². The summed E-state index contributed by atoms with van der Waals surface area (Å²) in [7, 11) is 1.76. The van der Waals surface area contributed by atoms with Crippen LogP contribution in [0.5, 0.6) is 0 Å². The van der Waals surface area contributed by atoms with Crippen LogP contribution in [0.2, 0.25) is 0 Å². The van der Waals surface area contributed by atoms with Gasteiger partial charge in [0.2, 0.25) is 0 Å². The maximum atomic E-state index is 14.8. The highest BCUT2D eigenvalue weighted by Crippen LogP contribution is 2.46. The maximum Gasteiger partial charge on any atom is 0.174 e. The molecule has 0 spiro atoms. The van der Waals surface area contributed by atoms with Crippen LogP contribution in [0.15, 0.2) is 43.0 Å². The molecule has 3 aromatic heterocycles. The number of benzene rings is 1. The summed E-state index contributed by atoms with van der Waals surface area (Å²) in [6.45, 7) is 6.29. The fourth-order valence-corrected chi connectivity index (χ4v) is 4.50. The Morgan fingerprint density at radius 2 is 1.83 bits per heavy atom. The summed E-state index contributed by atoms with van der Waals surface area (Å²) in [5.41, 5.74) is 2.01. The number of nitrogens with one attached hydrogen (secondary N) is 1. The van der Waals surface area contributed by atoms with E-state index in [1.807, 2.05) is 20.8 Å². The first-order chi connectivity index (χ1) is 16.7. The van der Waals surface area contributed by atoms with Crippen LogP contribution >= 0.6 is 0 Å². The Kier molecular flexibility index (Phi) is 5.46. The highest BCUT2D eigenvalue weighted by Gasteiger charge is 2.41. The summed E-state index contributed by atoms with van der Waals surface area (Å²) in [4.78, 5) is 19.5. The predicted octanol–water partition coefficient (Wildman–Crippen LogP) is 4.84. The van der Waals surface area contributed by atoms with E-state index in [1.54, 1.807) is 24.3 Å². The molecular weight excluding hydrogens is 455 g/mol. The second-order valence-electron chi connectivity index (χ2n) is 9.25. The van der Waals surface area contributed by atoms with Crippen molar-refractivity contribution in [3.05, 3.63) is 83.1 Å². The van der Waals surface area contributed by atoms with Crippen molar-refractivity contribution >= 4 is 17.3 Å². The van der Waals surface area contributed by atoms with Crippen molar-refractivity contribution < 1.29 is 13.2 Å². The summed E-state index contributed by atoms with van der Waals surface area (Å²) < 4.78 is 44.6. The van der Waals surface area contributed by atoms with Gasteiger partial charge in [0.25, 0.3) is 0 Å². The minimum absolute atomic E-state index is 0.153. The maximum absolute atomic E-state index is 14.8. The lowest BCUT2D eigenvalue weighted by molar-refractivity contribution is 0.557.